The predicted octanol–water partition coefficient (Wildman–Crippen LogP) is 4.00. The van der Waals surface area contributed by atoms with Crippen molar-refractivity contribution in [1.29, 1.82) is 0 Å². The van der Waals surface area contributed by atoms with Gasteiger partial charge < -0.3 is 0 Å². The Morgan fingerprint density at radius 3 is 2.50 bits per heavy atom. The van der Waals surface area contributed by atoms with Crippen LogP contribution in [0, 0.1) is 0 Å². The highest BCUT2D eigenvalue weighted by atomic mass is 35.5. The molecule has 0 amide bonds. The molecule has 0 aliphatic carbocycles. The van der Waals surface area contributed by atoms with E-state index in [1.54, 1.807) is 0 Å². The van der Waals surface area contributed by atoms with Crippen molar-refractivity contribution in [2.75, 3.05) is 6.26 Å². The third-order valence-electron chi connectivity index (χ3n) is 4.38. The first-order chi connectivity index (χ1) is 12.4. The number of pyridine rings is 1. The van der Waals surface area contributed by atoms with Crippen molar-refractivity contribution in [3.8, 4) is 0 Å². The molecule has 0 bridgehead atoms. The van der Waals surface area contributed by atoms with Crippen molar-refractivity contribution in [2.45, 2.75) is 12.5 Å². The van der Waals surface area contributed by atoms with Crippen molar-refractivity contribution in [1.82, 2.24) is 9.40 Å². The maximum atomic E-state index is 12.3. The molecule has 2 aromatic carbocycles. The van der Waals surface area contributed by atoms with Crippen LogP contribution in [-0.2, 0) is 10.0 Å². The summed E-state index contributed by atoms with van der Waals surface area (Å²) >= 11 is 6.41. The van der Waals surface area contributed by atoms with Crippen LogP contribution in [0.15, 0.2) is 65.8 Å². The second-order valence-corrected chi connectivity index (χ2v) is 8.43. The molecule has 7 heteroatoms. The molecule has 0 saturated carbocycles. The van der Waals surface area contributed by atoms with E-state index in [9.17, 15) is 8.42 Å². The lowest BCUT2D eigenvalue weighted by Crippen LogP contribution is -2.26. The number of aromatic nitrogens is 1. The SMILES string of the molecule is CS(=O)(=O)N1N=C(c2ccccc2)CC1c1cc2ccccc2nc1Cl. The monoisotopic (exact) mass is 385 g/mol. The van der Waals surface area contributed by atoms with Crippen LogP contribution in [0.3, 0.4) is 0 Å². The molecule has 0 spiro atoms. The summed E-state index contributed by atoms with van der Waals surface area (Å²) in [5.74, 6) is 0. The van der Waals surface area contributed by atoms with Crippen molar-refractivity contribution in [3.05, 3.63) is 76.9 Å². The number of halogens is 1. The number of para-hydroxylation sites is 1. The lowest BCUT2D eigenvalue weighted by molar-refractivity contribution is 0.374. The van der Waals surface area contributed by atoms with Gasteiger partial charge in [0.05, 0.1) is 23.5 Å². The molecule has 26 heavy (non-hydrogen) atoms. The zero-order valence-electron chi connectivity index (χ0n) is 14.0. The van der Waals surface area contributed by atoms with Crippen LogP contribution in [0.5, 0.6) is 0 Å². The van der Waals surface area contributed by atoms with Gasteiger partial charge in [0, 0.05) is 17.4 Å². The van der Waals surface area contributed by atoms with Crippen LogP contribution in [0.2, 0.25) is 5.15 Å². The van der Waals surface area contributed by atoms with Crippen molar-refractivity contribution >= 4 is 38.2 Å². The Bertz CT molecular complexity index is 1110. The fourth-order valence-electron chi connectivity index (χ4n) is 3.17. The fraction of sp³-hybridized carbons (Fsp3) is 0.158. The van der Waals surface area contributed by atoms with Gasteiger partial charge >= 0.3 is 0 Å². The van der Waals surface area contributed by atoms with Gasteiger partial charge in [-0.1, -0.05) is 60.1 Å². The molecule has 5 nitrogen and oxygen atoms in total. The summed E-state index contributed by atoms with van der Waals surface area (Å²) in [5.41, 5.74) is 3.04. The Labute approximate surface area is 157 Å². The lowest BCUT2D eigenvalue weighted by atomic mass is 9.99. The van der Waals surface area contributed by atoms with Crippen LogP contribution >= 0.6 is 11.6 Å². The zero-order valence-corrected chi connectivity index (χ0v) is 15.6. The first-order valence-electron chi connectivity index (χ1n) is 8.11. The van der Waals surface area contributed by atoms with E-state index in [0.29, 0.717) is 22.8 Å². The van der Waals surface area contributed by atoms with Crippen molar-refractivity contribution in [2.24, 2.45) is 5.10 Å². The molecule has 0 fully saturated rings. The van der Waals surface area contributed by atoms with Crippen LogP contribution < -0.4 is 0 Å². The van der Waals surface area contributed by atoms with Gasteiger partial charge in [-0.3, -0.25) is 0 Å². The molecule has 132 valence electrons. The Morgan fingerprint density at radius 2 is 1.77 bits per heavy atom. The summed E-state index contributed by atoms with van der Waals surface area (Å²) in [6.07, 6.45) is 1.59. The Kier molecular flexibility index (Phi) is 4.17. The molecule has 1 aliphatic heterocycles. The third kappa shape index (κ3) is 3.06. The van der Waals surface area contributed by atoms with Crippen LogP contribution in [0.1, 0.15) is 23.6 Å². The standard InChI is InChI=1S/C19H16ClN3O2S/c1-26(24,25)23-18(12-17(22-23)13-7-3-2-4-8-13)15-11-14-9-5-6-10-16(14)21-19(15)20/h2-11,18H,12H2,1H3. The third-order valence-corrected chi connectivity index (χ3v) is 5.70. The summed E-state index contributed by atoms with van der Waals surface area (Å²) in [4.78, 5) is 4.43. The lowest BCUT2D eigenvalue weighted by Gasteiger charge is -2.22. The Hall–Kier alpha value is -2.44. The maximum absolute atomic E-state index is 12.3. The molecule has 3 aromatic rings. The smallest absolute Gasteiger partial charge is 0.236 e. The summed E-state index contributed by atoms with van der Waals surface area (Å²) in [7, 11) is -3.55. The second kappa shape index (κ2) is 6.37. The average Bonchev–Trinajstić information content (AvgIpc) is 3.07. The predicted molar refractivity (Wildman–Crippen MR) is 104 cm³/mol. The van der Waals surface area contributed by atoms with Gasteiger partial charge in [0.15, 0.2) is 0 Å². The number of benzene rings is 2. The topological polar surface area (TPSA) is 62.6 Å². The van der Waals surface area contributed by atoms with E-state index >= 15 is 0 Å². The molecule has 1 aliphatic rings. The van der Waals surface area contributed by atoms with E-state index < -0.39 is 16.1 Å². The average molecular weight is 386 g/mol. The minimum atomic E-state index is -3.55. The molecule has 1 aromatic heterocycles. The van der Waals surface area contributed by atoms with Gasteiger partial charge in [-0.25, -0.2) is 13.4 Å². The molecule has 2 heterocycles. The number of fused-ring (bicyclic) bond motifs is 1. The molecule has 4 rings (SSSR count). The van der Waals surface area contributed by atoms with Gasteiger partial charge in [0.2, 0.25) is 10.0 Å². The summed E-state index contributed by atoms with van der Waals surface area (Å²) < 4.78 is 25.8. The highest BCUT2D eigenvalue weighted by Gasteiger charge is 2.36. The normalized spacial score (nSPS) is 17.5. The summed E-state index contributed by atoms with van der Waals surface area (Å²) in [6, 6.07) is 18.6. The second-order valence-electron chi connectivity index (χ2n) is 6.23. The molecular formula is C19H16ClN3O2S. The molecule has 0 N–H and O–H groups in total. The quantitative estimate of drug-likeness (QED) is 0.640. The maximum Gasteiger partial charge on any atom is 0.247 e. The van der Waals surface area contributed by atoms with E-state index in [1.165, 1.54) is 0 Å². The molecular weight excluding hydrogens is 370 g/mol. The van der Waals surface area contributed by atoms with Gasteiger partial charge in [-0.15, -0.1) is 0 Å². The fourth-order valence-corrected chi connectivity index (χ4v) is 4.34. The van der Waals surface area contributed by atoms with E-state index in [-0.39, 0.29) is 0 Å². The molecule has 0 radical (unpaired) electrons. The first kappa shape index (κ1) is 17.0. The zero-order chi connectivity index (χ0) is 18.3. The highest BCUT2D eigenvalue weighted by molar-refractivity contribution is 7.88. The van der Waals surface area contributed by atoms with Crippen LogP contribution in [0.4, 0.5) is 0 Å². The number of nitrogens with zero attached hydrogens (tertiary/aromatic N) is 3. The minimum Gasteiger partial charge on any atom is -0.236 e. The van der Waals surface area contributed by atoms with Gasteiger partial charge in [-0.2, -0.15) is 9.52 Å². The van der Waals surface area contributed by atoms with E-state index in [0.717, 1.165) is 27.1 Å². The van der Waals surface area contributed by atoms with Gasteiger partial charge in [-0.05, 0) is 17.7 Å². The summed E-state index contributed by atoms with van der Waals surface area (Å²) in [5, 5.41) is 5.59. The number of hydrogen-bond acceptors (Lipinski definition) is 4. The number of hydrazone groups is 1. The van der Waals surface area contributed by atoms with Crippen LogP contribution in [-0.4, -0.2) is 29.8 Å². The van der Waals surface area contributed by atoms with Crippen molar-refractivity contribution < 1.29 is 8.42 Å². The number of hydrogen-bond donors (Lipinski definition) is 0. The number of rotatable bonds is 3. The molecule has 1 atom stereocenters. The van der Waals surface area contributed by atoms with E-state index in [4.69, 9.17) is 11.6 Å². The highest BCUT2D eigenvalue weighted by Crippen LogP contribution is 2.38. The van der Waals surface area contributed by atoms with Crippen LogP contribution in [0.25, 0.3) is 10.9 Å². The van der Waals surface area contributed by atoms with E-state index in [2.05, 4.69) is 10.1 Å². The van der Waals surface area contributed by atoms with E-state index in [1.807, 2.05) is 60.7 Å². The van der Waals surface area contributed by atoms with Crippen molar-refractivity contribution in [3.63, 3.8) is 0 Å². The number of sulfonamides is 1. The first-order valence-corrected chi connectivity index (χ1v) is 10.3. The molecule has 0 saturated heterocycles. The van der Waals surface area contributed by atoms with Gasteiger partial charge in [0.25, 0.3) is 0 Å². The van der Waals surface area contributed by atoms with Gasteiger partial charge in [0.1, 0.15) is 5.15 Å². The Balaban J connectivity index is 1.82. The largest absolute Gasteiger partial charge is 0.247 e. The summed E-state index contributed by atoms with van der Waals surface area (Å²) in [6.45, 7) is 0. The minimum absolute atomic E-state index is 0.298. The molecule has 1 unspecified atom stereocenters. The Morgan fingerprint density at radius 1 is 1.08 bits per heavy atom.